The van der Waals surface area contributed by atoms with E-state index >= 15 is 0 Å². The van der Waals surface area contributed by atoms with Crippen LogP contribution in [0.15, 0.2) is 63.9 Å². The number of nitrogens with one attached hydrogen (secondary N) is 1. The first-order valence-corrected chi connectivity index (χ1v) is 12.4. The molecule has 0 atom stereocenters. The molecule has 11 heteroatoms. The lowest BCUT2D eigenvalue weighted by Crippen LogP contribution is -2.48. The molecule has 1 fully saturated rings. The van der Waals surface area contributed by atoms with Crippen LogP contribution >= 0.6 is 11.3 Å². The van der Waals surface area contributed by atoms with E-state index in [1.165, 1.54) is 18.2 Å². The van der Waals surface area contributed by atoms with Crippen molar-refractivity contribution in [3.05, 3.63) is 65.9 Å². The lowest BCUT2D eigenvalue weighted by Gasteiger charge is -2.34. The number of piperazine rings is 1. The van der Waals surface area contributed by atoms with Gasteiger partial charge in [-0.3, -0.25) is 9.69 Å². The van der Waals surface area contributed by atoms with Crippen molar-refractivity contribution in [2.24, 2.45) is 0 Å². The summed E-state index contributed by atoms with van der Waals surface area (Å²) >= 11 is 1.56. The molecule has 1 aliphatic rings. The summed E-state index contributed by atoms with van der Waals surface area (Å²) in [5.74, 6) is 1.02. The lowest BCUT2D eigenvalue weighted by atomic mass is 10.2. The molecule has 0 radical (unpaired) electrons. The minimum Gasteiger partial charge on any atom is -0.338 e. The minimum absolute atomic E-state index is 0.113. The van der Waals surface area contributed by atoms with Gasteiger partial charge in [-0.05, 0) is 35.7 Å². The van der Waals surface area contributed by atoms with Gasteiger partial charge in [-0.2, -0.15) is 4.98 Å². The Balaban J connectivity index is 1.31. The normalized spacial score (nSPS) is 15.1. The van der Waals surface area contributed by atoms with Gasteiger partial charge in [0.2, 0.25) is 21.7 Å². The number of amides is 1. The highest BCUT2D eigenvalue weighted by Gasteiger charge is 2.24. The SMILES string of the molecule is C=CCNS(=O)(=O)c1ccc(C(=O)N2CCN(Cc3nc(-c4cccs4)no3)CC2)cc1. The molecule has 3 heterocycles. The second-order valence-corrected chi connectivity index (χ2v) is 9.94. The van der Waals surface area contributed by atoms with Crippen molar-refractivity contribution in [2.75, 3.05) is 32.7 Å². The van der Waals surface area contributed by atoms with Gasteiger partial charge in [0.15, 0.2) is 0 Å². The highest BCUT2D eigenvalue weighted by molar-refractivity contribution is 7.89. The fourth-order valence-electron chi connectivity index (χ4n) is 3.34. The van der Waals surface area contributed by atoms with Crippen molar-refractivity contribution in [3.8, 4) is 10.7 Å². The predicted molar refractivity (Wildman–Crippen MR) is 121 cm³/mol. The van der Waals surface area contributed by atoms with Crippen LogP contribution in [-0.2, 0) is 16.6 Å². The van der Waals surface area contributed by atoms with Crippen LogP contribution in [0.1, 0.15) is 16.2 Å². The van der Waals surface area contributed by atoms with E-state index in [-0.39, 0.29) is 17.3 Å². The van der Waals surface area contributed by atoms with Crippen molar-refractivity contribution in [3.63, 3.8) is 0 Å². The molecule has 1 saturated heterocycles. The maximum Gasteiger partial charge on any atom is 0.253 e. The number of nitrogens with zero attached hydrogens (tertiary/aromatic N) is 4. The molecule has 1 amide bonds. The van der Waals surface area contributed by atoms with Crippen molar-refractivity contribution in [2.45, 2.75) is 11.4 Å². The largest absolute Gasteiger partial charge is 0.338 e. The molecule has 4 rings (SSSR count). The van der Waals surface area contributed by atoms with E-state index < -0.39 is 10.0 Å². The lowest BCUT2D eigenvalue weighted by molar-refractivity contribution is 0.0615. The van der Waals surface area contributed by atoms with E-state index in [0.29, 0.717) is 50.0 Å². The second-order valence-electron chi connectivity index (χ2n) is 7.22. The van der Waals surface area contributed by atoms with Crippen LogP contribution in [0.3, 0.4) is 0 Å². The number of carbonyl (C=O) groups excluding carboxylic acids is 1. The highest BCUT2D eigenvalue weighted by atomic mass is 32.2. The van der Waals surface area contributed by atoms with Gasteiger partial charge < -0.3 is 9.42 Å². The summed E-state index contributed by atoms with van der Waals surface area (Å²) in [6.45, 7) is 6.66. The summed E-state index contributed by atoms with van der Waals surface area (Å²) < 4.78 is 32.1. The zero-order chi connectivity index (χ0) is 22.6. The van der Waals surface area contributed by atoms with Crippen molar-refractivity contribution in [1.82, 2.24) is 24.7 Å². The molecule has 32 heavy (non-hydrogen) atoms. The zero-order valence-electron chi connectivity index (χ0n) is 17.3. The number of benzene rings is 1. The molecule has 0 unspecified atom stereocenters. The molecule has 0 spiro atoms. The second kappa shape index (κ2) is 9.74. The predicted octanol–water partition coefficient (Wildman–Crippen LogP) is 2.22. The van der Waals surface area contributed by atoms with E-state index in [1.54, 1.807) is 28.4 Å². The Labute approximate surface area is 190 Å². The molecule has 3 aromatic rings. The Bertz CT molecular complexity index is 1170. The Morgan fingerprint density at radius 1 is 1.19 bits per heavy atom. The van der Waals surface area contributed by atoms with Crippen LogP contribution in [0.4, 0.5) is 0 Å². The van der Waals surface area contributed by atoms with E-state index in [0.717, 1.165) is 4.88 Å². The van der Waals surface area contributed by atoms with Gasteiger partial charge in [0.05, 0.1) is 16.3 Å². The van der Waals surface area contributed by atoms with Crippen molar-refractivity contribution >= 4 is 27.3 Å². The number of rotatable bonds is 8. The summed E-state index contributed by atoms with van der Waals surface area (Å²) in [6, 6.07) is 9.86. The van der Waals surface area contributed by atoms with E-state index in [4.69, 9.17) is 4.52 Å². The third kappa shape index (κ3) is 5.13. The standard InChI is InChI=1S/C21H23N5O4S2/c1-2-9-22-32(28,29)17-7-5-16(6-8-17)21(27)26-12-10-25(11-13-26)15-19-23-20(24-30-19)18-4-3-14-31-18/h2-8,14,22H,1,9-13,15H2. The number of hydrogen-bond donors (Lipinski definition) is 1. The van der Waals surface area contributed by atoms with Gasteiger partial charge in [0, 0.05) is 38.3 Å². The summed E-state index contributed by atoms with van der Waals surface area (Å²) in [4.78, 5) is 22.3. The summed E-state index contributed by atoms with van der Waals surface area (Å²) in [5.41, 5.74) is 0.457. The van der Waals surface area contributed by atoms with Crippen LogP contribution in [0.5, 0.6) is 0 Å². The molecule has 1 aromatic carbocycles. The number of carbonyl (C=O) groups is 1. The molecule has 9 nitrogen and oxygen atoms in total. The van der Waals surface area contributed by atoms with Crippen LogP contribution in [0.25, 0.3) is 10.7 Å². The van der Waals surface area contributed by atoms with Gasteiger partial charge in [0.25, 0.3) is 5.91 Å². The minimum atomic E-state index is -3.61. The third-order valence-corrected chi connectivity index (χ3v) is 7.36. The fraction of sp³-hybridized carbons (Fsp3) is 0.286. The van der Waals surface area contributed by atoms with Crippen LogP contribution in [0, 0.1) is 0 Å². The third-order valence-electron chi connectivity index (χ3n) is 5.06. The van der Waals surface area contributed by atoms with Crippen LogP contribution < -0.4 is 4.72 Å². The molecule has 0 bridgehead atoms. The maximum atomic E-state index is 12.8. The monoisotopic (exact) mass is 473 g/mol. The average Bonchev–Trinajstić information content (AvgIpc) is 3.50. The Hall–Kier alpha value is -2.86. The number of sulfonamides is 1. The van der Waals surface area contributed by atoms with E-state index in [1.807, 2.05) is 17.5 Å². The molecule has 1 aliphatic heterocycles. The van der Waals surface area contributed by atoms with Crippen molar-refractivity contribution < 1.29 is 17.7 Å². The topological polar surface area (TPSA) is 109 Å². The van der Waals surface area contributed by atoms with Gasteiger partial charge in [-0.15, -0.1) is 17.9 Å². The first-order chi connectivity index (χ1) is 15.5. The highest BCUT2D eigenvalue weighted by Crippen LogP contribution is 2.22. The van der Waals surface area contributed by atoms with E-state index in [2.05, 4.69) is 26.3 Å². The molecule has 1 N–H and O–H groups in total. The number of hydrogen-bond acceptors (Lipinski definition) is 8. The summed E-state index contributed by atoms with van der Waals surface area (Å²) in [6.07, 6.45) is 1.47. The maximum absolute atomic E-state index is 12.8. The fourth-order valence-corrected chi connectivity index (χ4v) is 4.98. The molecule has 168 valence electrons. The van der Waals surface area contributed by atoms with Gasteiger partial charge in [0.1, 0.15) is 0 Å². The Morgan fingerprint density at radius 3 is 2.59 bits per heavy atom. The van der Waals surface area contributed by atoms with Crippen LogP contribution in [-0.4, -0.2) is 67.0 Å². The average molecular weight is 474 g/mol. The molecule has 0 saturated carbocycles. The van der Waals surface area contributed by atoms with Crippen LogP contribution in [0.2, 0.25) is 0 Å². The first-order valence-electron chi connectivity index (χ1n) is 10.0. The summed E-state index contributed by atoms with van der Waals surface area (Å²) in [5, 5.41) is 5.99. The molecule has 0 aliphatic carbocycles. The van der Waals surface area contributed by atoms with Gasteiger partial charge in [-0.25, -0.2) is 13.1 Å². The zero-order valence-corrected chi connectivity index (χ0v) is 18.9. The summed E-state index contributed by atoms with van der Waals surface area (Å²) in [7, 11) is -3.61. The Morgan fingerprint density at radius 2 is 1.94 bits per heavy atom. The van der Waals surface area contributed by atoms with Gasteiger partial charge >= 0.3 is 0 Å². The smallest absolute Gasteiger partial charge is 0.253 e. The molecular formula is C21H23N5O4S2. The first kappa shape index (κ1) is 22.3. The van der Waals surface area contributed by atoms with E-state index in [9.17, 15) is 13.2 Å². The van der Waals surface area contributed by atoms with Crippen molar-refractivity contribution in [1.29, 1.82) is 0 Å². The Kier molecular flexibility index (Phi) is 6.80. The molecule has 2 aromatic heterocycles. The quantitative estimate of drug-likeness (QED) is 0.500. The molecular weight excluding hydrogens is 450 g/mol. The van der Waals surface area contributed by atoms with Gasteiger partial charge in [-0.1, -0.05) is 17.3 Å². The number of aromatic nitrogens is 2. The number of thiophene rings is 1.